The molecule has 0 bridgehead atoms. The van der Waals surface area contributed by atoms with Crippen LogP contribution in [0.15, 0.2) is 120 Å². The Morgan fingerprint density at radius 2 is 1.65 bits per heavy atom. The van der Waals surface area contributed by atoms with Crippen molar-refractivity contribution in [3.63, 3.8) is 0 Å². The zero-order chi connectivity index (χ0) is 33.6. The summed E-state index contributed by atoms with van der Waals surface area (Å²) in [6.07, 6.45) is 3.08. The highest BCUT2D eigenvalue weighted by atomic mass is 32.2. The van der Waals surface area contributed by atoms with E-state index in [9.17, 15) is 22.0 Å². The van der Waals surface area contributed by atoms with Crippen LogP contribution in [0.2, 0.25) is 0 Å². The fraction of sp³-hybridized carbons (Fsp3) is 0.0278. The van der Waals surface area contributed by atoms with Gasteiger partial charge in [-0.25, -0.2) is 17.5 Å². The van der Waals surface area contributed by atoms with Crippen molar-refractivity contribution in [2.45, 2.75) is 11.8 Å². The molecule has 0 aliphatic rings. The third-order valence-electron chi connectivity index (χ3n) is 7.88. The van der Waals surface area contributed by atoms with Gasteiger partial charge >= 0.3 is 0 Å². The summed E-state index contributed by atoms with van der Waals surface area (Å²) in [6, 6.07) is 26.9. The van der Waals surface area contributed by atoms with Crippen LogP contribution in [0.4, 0.5) is 14.6 Å². The lowest BCUT2D eigenvalue weighted by molar-refractivity contribution is 0.107. The van der Waals surface area contributed by atoms with E-state index in [1.54, 1.807) is 61.7 Å². The summed E-state index contributed by atoms with van der Waals surface area (Å²) in [5.74, 6) is -2.03. The monoisotopic (exact) mass is 661 g/mol. The smallest absolute Gasteiger partial charge is 0.297 e. The number of carbonyl (C=O) groups excluding carboxylic acids is 1. The molecule has 7 aromatic rings. The van der Waals surface area contributed by atoms with Gasteiger partial charge in [0, 0.05) is 33.8 Å². The lowest BCUT2D eigenvalue weighted by Gasteiger charge is -2.13. The van der Waals surface area contributed by atoms with Crippen LogP contribution in [-0.2, 0) is 9.84 Å². The van der Waals surface area contributed by atoms with E-state index in [0.717, 1.165) is 11.6 Å². The summed E-state index contributed by atoms with van der Waals surface area (Å²) in [6.45, 7) is 1.75. The molecule has 12 heteroatoms. The molecule has 7 rings (SSSR count). The molecule has 3 aromatic heterocycles. The van der Waals surface area contributed by atoms with Gasteiger partial charge in [-0.2, -0.15) is 9.49 Å². The normalized spacial score (nSPS) is 11.6. The molecule has 9 nitrogen and oxygen atoms in total. The molecule has 3 heterocycles. The summed E-state index contributed by atoms with van der Waals surface area (Å²) >= 11 is 0. The Labute approximate surface area is 273 Å². The van der Waals surface area contributed by atoms with Gasteiger partial charge in [0.15, 0.2) is 11.6 Å². The second-order valence-corrected chi connectivity index (χ2v) is 12.7. The zero-order valence-corrected chi connectivity index (χ0v) is 26.0. The lowest BCUT2D eigenvalue weighted by Crippen LogP contribution is -2.16. The van der Waals surface area contributed by atoms with Crippen molar-refractivity contribution < 1.29 is 26.7 Å². The number of carbonyl (C=O) groups is 1. The Bertz CT molecular complexity index is 2480. The molecular formula is C36H25F2N5O4S. The van der Waals surface area contributed by atoms with Crippen molar-refractivity contribution in [1.29, 1.82) is 0 Å². The maximum absolute atomic E-state index is 14.1. The standard InChI is InChI=1S/C36H25F2N5O4S/c1-21-18-22(47-32-13-7-10-27(37)34(32)38)15-16-31(21)43-35(39)26(20-41-43)24-8-2-3-14-33(24)48(45,46)36(44)30-19-25-23(9-6-12-29(25)42-30)28-11-4-5-17-40-28/h2-20,42H,39H2,1H3. The van der Waals surface area contributed by atoms with Gasteiger partial charge in [0.25, 0.3) is 5.12 Å². The molecule has 0 aliphatic heterocycles. The summed E-state index contributed by atoms with van der Waals surface area (Å²) in [4.78, 5) is 20.8. The summed E-state index contributed by atoms with van der Waals surface area (Å²) in [5, 5.41) is 3.95. The SMILES string of the molecule is Cc1cc(Oc2cccc(F)c2F)ccc1-n1ncc(-c2ccccc2S(=O)(=O)C(=O)c2cc3c(-c4ccccn4)cccc3[nH]2)c1N. The Kier molecular flexibility index (Phi) is 7.56. The first-order valence-corrected chi connectivity index (χ1v) is 16.1. The lowest BCUT2D eigenvalue weighted by atomic mass is 10.1. The highest BCUT2D eigenvalue weighted by Gasteiger charge is 2.32. The number of nitrogens with two attached hydrogens (primary N) is 1. The molecule has 0 atom stereocenters. The van der Waals surface area contributed by atoms with Crippen molar-refractivity contribution >= 4 is 31.7 Å². The molecule has 0 radical (unpaired) electrons. The predicted molar refractivity (Wildman–Crippen MR) is 178 cm³/mol. The van der Waals surface area contributed by atoms with E-state index in [0.29, 0.717) is 27.8 Å². The van der Waals surface area contributed by atoms with Gasteiger partial charge in [-0.05, 0) is 73.2 Å². The van der Waals surface area contributed by atoms with Crippen LogP contribution in [-0.4, -0.2) is 33.3 Å². The minimum atomic E-state index is -4.57. The minimum absolute atomic E-state index is 0.0945. The number of aryl methyl sites for hydroxylation is 1. The zero-order valence-electron chi connectivity index (χ0n) is 25.2. The molecule has 0 spiro atoms. The van der Waals surface area contributed by atoms with E-state index < -0.39 is 26.6 Å². The Balaban J connectivity index is 1.22. The van der Waals surface area contributed by atoms with Crippen LogP contribution in [0.3, 0.4) is 0 Å². The summed E-state index contributed by atoms with van der Waals surface area (Å²) in [5.41, 5.74) is 10.1. The number of rotatable bonds is 7. The predicted octanol–water partition coefficient (Wildman–Crippen LogP) is 7.66. The number of halogens is 2. The van der Waals surface area contributed by atoms with Gasteiger partial charge in [-0.1, -0.05) is 42.5 Å². The average Bonchev–Trinajstić information content (AvgIpc) is 3.70. The maximum atomic E-state index is 14.1. The van der Waals surface area contributed by atoms with E-state index >= 15 is 0 Å². The second kappa shape index (κ2) is 11.9. The number of pyridine rings is 1. The van der Waals surface area contributed by atoms with Crippen LogP contribution in [0, 0.1) is 18.6 Å². The third-order valence-corrected chi connectivity index (χ3v) is 9.53. The maximum Gasteiger partial charge on any atom is 0.297 e. The van der Waals surface area contributed by atoms with Crippen LogP contribution in [0.1, 0.15) is 16.1 Å². The van der Waals surface area contributed by atoms with E-state index in [-0.39, 0.29) is 39.0 Å². The van der Waals surface area contributed by atoms with Gasteiger partial charge in [0.05, 0.1) is 28.2 Å². The van der Waals surface area contributed by atoms with E-state index in [2.05, 4.69) is 15.1 Å². The van der Waals surface area contributed by atoms with Crippen LogP contribution < -0.4 is 10.5 Å². The third kappa shape index (κ3) is 5.27. The first kappa shape index (κ1) is 30.5. The fourth-order valence-electron chi connectivity index (χ4n) is 5.56. The van der Waals surface area contributed by atoms with Crippen molar-refractivity contribution in [2.24, 2.45) is 0 Å². The van der Waals surface area contributed by atoms with E-state index in [4.69, 9.17) is 10.5 Å². The highest BCUT2D eigenvalue weighted by molar-refractivity contribution is 8.06. The molecule has 0 saturated carbocycles. The number of sulfone groups is 1. The topological polar surface area (TPSA) is 133 Å². The number of nitrogen functional groups attached to an aromatic ring is 1. The number of fused-ring (bicyclic) bond motifs is 1. The molecule has 4 aromatic carbocycles. The Morgan fingerprint density at radius 3 is 2.44 bits per heavy atom. The molecule has 238 valence electrons. The number of anilines is 1. The number of aromatic amines is 1. The first-order chi connectivity index (χ1) is 23.1. The molecule has 0 amide bonds. The van der Waals surface area contributed by atoms with Crippen LogP contribution in [0.25, 0.3) is 39.0 Å². The molecule has 0 unspecified atom stereocenters. The van der Waals surface area contributed by atoms with Gasteiger partial charge in [-0.3, -0.25) is 9.78 Å². The number of aromatic nitrogens is 4. The van der Waals surface area contributed by atoms with E-state index in [1.807, 2.05) is 18.2 Å². The van der Waals surface area contributed by atoms with Crippen molar-refractivity contribution in [2.75, 3.05) is 5.73 Å². The Morgan fingerprint density at radius 1 is 0.875 bits per heavy atom. The van der Waals surface area contributed by atoms with E-state index in [1.165, 1.54) is 41.2 Å². The minimum Gasteiger partial charge on any atom is -0.454 e. The van der Waals surface area contributed by atoms with Gasteiger partial charge in [0.2, 0.25) is 15.7 Å². The number of benzene rings is 4. The highest BCUT2D eigenvalue weighted by Crippen LogP contribution is 2.36. The van der Waals surface area contributed by atoms with Crippen molar-refractivity contribution in [3.05, 3.63) is 138 Å². The number of nitrogens with zero attached hydrogens (tertiary/aromatic N) is 3. The molecule has 3 N–H and O–H groups in total. The van der Waals surface area contributed by atoms with Crippen molar-refractivity contribution in [1.82, 2.24) is 19.7 Å². The Hall–Kier alpha value is -6.14. The van der Waals surface area contributed by atoms with Gasteiger partial charge in [-0.15, -0.1) is 0 Å². The number of ether oxygens (including phenoxy) is 1. The van der Waals surface area contributed by atoms with Gasteiger partial charge in [0.1, 0.15) is 11.6 Å². The molecule has 0 fully saturated rings. The largest absolute Gasteiger partial charge is 0.454 e. The molecule has 48 heavy (non-hydrogen) atoms. The quantitative estimate of drug-likeness (QED) is 0.179. The van der Waals surface area contributed by atoms with Crippen LogP contribution >= 0.6 is 0 Å². The number of nitrogens with one attached hydrogen (secondary N) is 1. The molecular weight excluding hydrogens is 636 g/mol. The second-order valence-electron chi connectivity index (χ2n) is 10.9. The number of hydrogen-bond acceptors (Lipinski definition) is 7. The number of H-pyrrole nitrogens is 1. The average molecular weight is 662 g/mol. The van der Waals surface area contributed by atoms with Crippen LogP contribution in [0.5, 0.6) is 11.5 Å². The summed E-state index contributed by atoms with van der Waals surface area (Å²) < 4.78 is 62.6. The van der Waals surface area contributed by atoms with Gasteiger partial charge < -0.3 is 15.5 Å². The summed E-state index contributed by atoms with van der Waals surface area (Å²) in [7, 11) is -4.57. The molecule has 0 saturated heterocycles. The van der Waals surface area contributed by atoms with Crippen molar-refractivity contribution in [3.8, 4) is 39.6 Å². The first-order valence-electron chi connectivity index (χ1n) is 14.6. The fourth-order valence-corrected chi connectivity index (χ4v) is 6.88. The molecule has 0 aliphatic carbocycles. The number of hydrogen-bond donors (Lipinski definition) is 2.